The fourth-order valence-corrected chi connectivity index (χ4v) is 3.31. The highest BCUT2D eigenvalue weighted by atomic mass is 32.2. The van der Waals surface area contributed by atoms with Crippen LogP contribution in [-0.2, 0) is 21.2 Å². The zero-order chi connectivity index (χ0) is 14.0. The molecular formula is C10H16N4O3S2. The second-order valence-electron chi connectivity index (χ2n) is 4.17. The molecule has 1 fully saturated rings. The Labute approximate surface area is 117 Å². The molecule has 0 saturated carbocycles. The normalized spacial score (nSPS) is 21.4. The van der Waals surface area contributed by atoms with Crippen LogP contribution >= 0.6 is 12.2 Å². The van der Waals surface area contributed by atoms with Crippen molar-refractivity contribution >= 4 is 27.2 Å². The molecule has 2 heterocycles. The third-order valence-electron chi connectivity index (χ3n) is 2.90. The number of hydrogen-bond acceptors (Lipinski definition) is 5. The topological polar surface area (TPSA) is 101 Å². The summed E-state index contributed by atoms with van der Waals surface area (Å²) in [6, 6.07) is 0. The van der Waals surface area contributed by atoms with Crippen LogP contribution in [0.4, 0.5) is 0 Å². The Morgan fingerprint density at radius 3 is 3.05 bits per heavy atom. The number of imidazole rings is 1. The Morgan fingerprint density at radius 2 is 2.47 bits per heavy atom. The fourth-order valence-electron chi connectivity index (χ4n) is 1.81. The van der Waals surface area contributed by atoms with Crippen molar-refractivity contribution in [3.63, 3.8) is 0 Å². The molecule has 1 aliphatic rings. The van der Waals surface area contributed by atoms with Gasteiger partial charge in [0.1, 0.15) is 16.9 Å². The quantitative estimate of drug-likeness (QED) is 0.737. The molecule has 0 spiro atoms. The van der Waals surface area contributed by atoms with Gasteiger partial charge in [0.05, 0.1) is 12.8 Å². The minimum atomic E-state index is -3.60. The summed E-state index contributed by atoms with van der Waals surface area (Å²) in [5, 5.41) is 0.0907. The predicted octanol–water partition coefficient (Wildman–Crippen LogP) is -0.352. The van der Waals surface area contributed by atoms with E-state index in [1.165, 1.54) is 10.5 Å². The molecular weight excluding hydrogens is 288 g/mol. The second-order valence-corrected chi connectivity index (χ2v) is 6.55. The number of nitrogens with one attached hydrogen (secondary N) is 1. The Hall–Kier alpha value is -1.03. The van der Waals surface area contributed by atoms with Crippen molar-refractivity contribution in [2.75, 3.05) is 19.7 Å². The SMILES string of the molecule is CCc1ncc(S(=O)(=O)N2CCOC(C(N)=S)C2)[nH]1. The maximum atomic E-state index is 12.4. The lowest BCUT2D eigenvalue weighted by Crippen LogP contribution is -2.49. The number of hydrogen-bond donors (Lipinski definition) is 2. The van der Waals surface area contributed by atoms with E-state index in [1.807, 2.05) is 6.92 Å². The maximum Gasteiger partial charge on any atom is 0.260 e. The zero-order valence-corrected chi connectivity index (χ0v) is 12.1. The molecule has 1 atom stereocenters. The number of aromatic nitrogens is 2. The van der Waals surface area contributed by atoms with Crippen molar-refractivity contribution in [2.45, 2.75) is 24.5 Å². The first-order valence-electron chi connectivity index (χ1n) is 5.90. The van der Waals surface area contributed by atoms with Crippen LogP contribution in [0.15, 0.2) is 11.2 Å². The Kier molecular flexibility index (Phi) is 4.19. The van der Waals surface area contributed by atoms with Crippen LogP contribution < -0.4 is 5.73 Å². The standard InChI is InChI=1S/C10H16N4O3S2/c1-2-8-12-5-9(13-8)19(15,16)14-3-4-17-7(6-14)10(11)18/h5,7H,2-4,6H2,1H3,(H2,11,18)(H,12,13). The molecule has 1 unspecified atom stereocenters. The second kappa shape index (κ2) is 5.53. The number of aromatic amines is 1. The molecule has 0 bridgehead atoms. The van der Waals surface area contributed by atoms with E-state index in [4.69, 9.17) is 22.7 Å². The third-order valence-corrected chi connectivity index (χ3v) is 4.94. The van der Waals surface area contributed by atoms with E-state index in [-0.39, 0.29) is 29.7 Å². The van der Waals surface area contributed by atoms with Crippen molar-refractivity contribution in [1.29, 1.82) is 0 Å². The first-order valence-corrected chi connectivity index (χ1v) is 7.75. The molecule has 0 amide bonds. The lowest BCUT2D eigenvalue weighted by Gasteiger charge is -2.30. The third kappa shape index (κ3) is 2.94. The van der Waals surface area contributed by atoms with Crippen molar-refractivity contribution in [3.8, 4) is 0 Å². The van der Waals surface area contributed by atoms with Crippen molar-refractivity contribution in [2.24, 2.45) is 5.73 Å². The van der Waals surface area contributed by atoms with Crippen LogP contribution in [0.25, 0.3) is 0 Å². The molecule has 1 saturated heterocycles. The van der Waals surface area contributed by atoms with Gasteiger partial charge in [-0.05, 0) is 0 Å². The zero-order valence-electron chi connectivity index (χ0n) is 10.5. The molecule has 1 aromatic rings. The van der Waals surface area contributed by atoms with Crippen LogP contribution in [0.5, 0.6) is 0 Å². The number of aryl methyl sites for hydroxylation is 1. The summed E-state index contributed by atoms with van der Waals surface area (Å²) >= 11 is 4.84. The number of H-pyrrole nitrogens is 1. The van der Waals surface area contributed by atoms with Gasteiger partial charge in [0.15, 0.2) is 5.03 Å². The van der Waals surface area contributed by atoms with Crippen LogP contribution in [0, 0.1) is 0 Å². The lowest BCUT2D eigenvalue weighted by atomic mass is 10.3. The van der Waals surface area contributed by atoms with E-state index in [9.17, 15) is 8.42 Å². The first kappa shape index (κ1) is 14.4. The van der Waals surface area contributed by atoms with Gasteiger partial charge in [0.2, 0.25) is 0 Å². The van der Waals surface area contributed by atoms with Crippen molar-refractivity contribution < 1.29 is 13.2 Å². The minimum Gasteiger partial charge on any atom is -0.391 e. The number of nitrogens with two attached hydrogens (primary N) is 1. The van der Waals surface area contributed by atoms with Crippen LogP contribution in [0.1, 0.15) is 12.7 Å². The van der Waals surface area contributed by atoms with Gasteiger partial charge in [0, 0.05) is 19.5 Å². The van der Waals surface area contributed by atoms with Crippen molar-refractivity contribution in [3.05, 3.63) is 12.0 Å². The molecule has 9 heteroatoms. The van der Waals surface area contributed by atoms with E-state index in [2.05, 4.69) is 9.97 Å². The number of thiocarbonyl (C=S) groups is 1. The summed E-state index contributed by atoms with van der Waals surface area (Å²) in [4.78, 5) is 6.97. The average Bonchev–Trinajstić information content (AvgIpc) is 2.88. The Morgan fingerprint density at radius 1 is 1.74 bits per heavy atom. The van der Waals surface area contributed by atoms with Gasteiger partial charge in [-0.1, -0.05) is 19.1 Å². The molecule has 106 valence electrons. The summed E-state index contributed by atoms with van der Waals surface area (Å²) in [5.41, 5.74) is 5.50. The van der Waals surface area contributed by atoms with Crippen LogP contribution in [-0.4, -0.2) is 53.5 Å². The van der Waals surface area contributed by atoms with E-state index in [1.54, 1.807) is 0 Å². The van der Waals surface area contributed by atoms with Crippen LogP contribution in [0.3, 0.4) is 0 Å². The average molecular weight is 304 g/mol. The smallest absolute Gasteiger partial charge is 0.260 e. The van der Waals surface area contributed by atoms with Gasteiger partial charge in [-0.15, -0.1) is 0 Å². The minimum absolute atomic E-state index is 0.0907. The molecule has 0 aromatic carbocycles. The van der Waals surface area contributed by atoms with E-state index < -0.39 is 16.1 Å². The van der Waals surface area contributed by atoms with Gasteiger partial charge < -0.3 is 15.5 Å². The molecule has 7 nitrogen and oxygen atoms in total. The highest BCUT2D eigenvalue weighted by Gasteiger charge is 2.32. The van der Waals surface area contributed by atoms with Gasteiger partial charge >= 0.3 is 0 Å². The molecule has 3 N–H and O–H groups in total. The van der Waals surface area contributed by atoms with Gasteiger partial charge in [-0.25, -0.2) is 13.4 Å². The van der Waals surface area contributed by atoms with Gasteiger partial charge in [-0.3, -0.25) is 0 Å². The summed E-state index contributed by atoms with van der Waals surface area (Å²) in [5.74, 6) is 0.637. The monoisotopic (exact) mass is 304 g/mol. The first-order chi connectivity index (χ1) is 8.95. The van der Waals surface area contributed by atoms with E-state index in [0.29, 0.717) is 12.2 Å². The lowest BCUT2D eigenvalue weighted by molar-refractivity contribution is 0.0385. The number of ether oxygens (including phenoxy) is 1. The molecule has 0 radical (unpaired) electrons. The summed E-state index contributed by atoms with van der Waals surface area (Å²) in [7, 11) is -3.60. The highest BCUT2D eigenvalue weighted by molar-refractivity contribution is 7.89. The van der Waals surface area contributed by atoms with Crippen molar-refractivity contribution in [1.82, 2.24) is 14.3 Å². The van der Waals surface area contributed by atoms with Gasteiger partial charge in [0.25, 0.3) is 10.0 Å². The predicted molar refractivity (Wildman–Crippen MR) is 73.2 cm³/mol. The Bertz CT molecular complexity index is 569. The van der Waals surface area contributed by atoms with E-state index in [0.717, 1.165) is 0 Å². The van der Waals surface area contributed by atoms with Gasteiger partial charge in [-0.2, -0.15) is 4.31 Å². The van der Waals surface area contributed by atoms with E-state index >= 15 is 0 Å². The molecule has 2 rings (SSSR count). The molecule has 1 aliphatic heterocycles. The number of sulfonamides is 1. The number of rotatable bonds is 4. The maximum absolute atomic E-state index is 12.4. The summed E-state index contributed by atoms with van der Waals surface area (Å²) < 4.78 is 31.4. The summed E-state index contributed by atoms with van der Waals surface area (Å²) in [6.45, 7) is 2.59. The number of morpholine rings is 1. The molecule has 0 aliphatic carbocycles. The fraction of sp³-hybridized carbons (Fsp3) is 0.600. The highest BCUT2D eigenvalue weighted by Crippen LogP contribution is 2.17. The van der Waals surface area contributed by atoms with Crippen LogP contribution in [0.2, 0.25) is 0 Å². The molecule has 19 heavy (non-hydrogen) atoms. The largest absolute Gasteiger partial charge is 0.391 e. The molecule has 1 aromatic heterocycles. The number of nitrogens with zero attached hydrogens (tertiary/aromatic N) is 2. The summed E-state index contributed by atoms with van der Waals surface area (Å²) in [6.07, 6.45) is 1.44. The Balaban J connectivity index is 2.21.